The Balaban J connectivity index is 1.96. The van der Waals surface area contributed by atoms with Gasteiger partial charge in [0.25, 0.3) is 0 Å². The maximum atomic E-state index is 12.5. The number of benzene rings is 2. The molecule has 0 aliphatic carbocycles. The Labute approximate surface area is 189 Å². The molecule has 29 heavy (non-hydrogen) atoms. The summed E-state index contributed by atoms with van der Waals surface area (Å²) in [6.45, 7) is -0.0612. The Morgan fingerprint density at radius 3 is 1.86 bits per heavy atom. The van der Waals surface area contributed by atoms with Crippen molar-refractivity contribution in [3.63, 3.8) is 0 Å². The molecule has 2 rings (SSSR count). The molecule has 0 amide bonds. The summed E-state index contributed by atoms with van der Waals surface area (Å²) >= 11 is 11.4. The van der Waals surface area contributed by atoms with E-state index < -0.39 is 42.3 Å². The van der Waals surface area contributed by atoms with Crippen LogP contribution in [0.1, 0.15) is 21.9 Å². The summed E-state index contributed by atoms with van der Waals surface area (Å²) in [5, 5.41) is -1.83. The minimum absolute atomic E-state index is 0.0612. The van der Waals surface area contributed by atoms with E-state index in [9.17, 15) is 9.59 Å². The standard InChI is InChI=1S/C21H23AsCl2O4S/c1-22(2)29-14-17(28-21(26)19(24)16-11-7-4-8-12-16)13-27-20(25)18(23)15-9-5-3-6-10-15/h3-12,17-19H,13-14H2,1-2H3. The molecular formula is C21H23AsCl2O4S. The molecule has 0 heterocycles. The number of rotatable bonds is 10. The van der Waals surface area contributed by atoms with Crippen molar-refractivity contribution in [1.29, 1.82) is 0 Å². The zero-order valence-electron chi connectivity index (χ0n) is 16.2. The first-order chi connectivity index (χ1) is 13.9. The van der Waals surface area contributed by atoms with E-state index in [0.717, 1.165) is 0 Å². The maximum absolute atomic E-state index is 12.5. The number of ether oxygens (including phenoxy) is 2. The average Bonchev–Trinajstić information content (AvgIpc) is 2.75. The fourth-order valence-electron chi connectivity index (χ4n) is 2.34. The molecule has 0 fully saturated rings. The van der Waals surface area contributed by atoms with Crippen molar-refractivity contribution in [3.05, 3.63) is 71.8 Å². The summed E-state index contributed by atoms with van der Waals surface area (Å²) < 4.78 is 10.9. The van der Waals surface area contributed by atoms with Crippen molar-refractivity contribution < 1.29 is 19.1 Å². The Hall–Kier alpha value is -1.13. The molecule has 0 spiro atoms. The van der Waals surface area contributed by atoms with E-state index in [2.05, 4.69) is 11.4 Å². The molecule has 0 radical (unpaired) electrons. The number of carbonyl (C=O) groups is 2. The molecule has 0 bridgehead atoms. The van der Waals surface area contributed by atoms with Crippen LogP contribution >= 0.6 is 33.2 Å². The molecule has 156 valence electrons. The minimum atomic E-state index is -1.01. The SMILES string of the molecule is C[As](C)SCC(COC(=O)C(Cl)c1ccccc1)OC(=O)C(Cl)c1ccccc1. The first-order valence-electron chi connectivity index (χ1n) is 8.94. The van der Waals surface area contributed by atoms with Crippen molar-refractivity contribution in [1.82, 2.24) is 0 Å². The third-order valence-corrected chi connectivity index (χ3v) is 9.90. The van der Waals surface area contributed by atoms with E-state index in [4.69, 9.17) is 32.7 Å². The van der Waals surface area contributed by atoms with Gasteiger partial charge in [0.05, 0.1) is 0 Å². The molecule has 0 aromatic heterocycles. The van der Waals surface area contributed by atoms with E-state index in [1.54, 1.807) is 46.4 Å². The normalized spacial score (nSPS) is 14.1. The second-order valence-corrected chi connectivity index (χ2v) is 16.6. The second kappa shape index (κ2) is 12.5. The molecule has 0 saturated carbocycles. The summed E-state index contributed by atoms with van der Waals surface area (Å²) in [5.41, 5.74) is 5.68. The van der Waals surface area contributed by atoms with Crippen LogP contribution in [0.5, 0.6) is 0 Å². The van der Waals surface area contributed by atoms with E-state index >= 15 is 0 Å². The van der Waals surface area contributed by atoms with E-state index in [-0.39, 0.29) is 6.61 Å². The van der Waals surface area contributed by atoms with Gasteiger partial charge in [-0.25, -0.2) is 0 Å². The van der Waals surface area contributed by atoms with Gasteiger partial charge in [0.15, 0.2) is 0 Å². The topological polar surface area (TPSA) is 52.6 Å². The quantitative estimate of drug-likeness (QED) is 0.241. The molecular weight excluding hydrogens is 494 g/mol. The Kier molecular flexibility index (Phi) is 10.4. The zero-order valence-corrected chi connectivity index (χ0v) is 20.4. The van der Waals surface area contributed by atoms with Crippen LogP contribution < -0.4 is 0 Å². The number of hydrogen-bond acceptors (Lipinski definition) is 5. The monoisotopic (exact) mass is 516 g/mol. The van der Waals surface area contributed by atoms with Crippen LogP contribution in [0.25, 0.3) is 0 Å². The van der Waals surface area contributed by atoms with Gasteiger partial charge in [-0.05, 0) is 0 Å². The number of hydrogen-bond donors (Lipinski definition) is 0. The summed E-state index contributed by atoms with van der Waals surface area (Å²) in [6.07, 6.45) is -0.585. The molecule has 0 aliphatic rings. The number of carbonyl (C=O) groups excluding carboxylic acids is 2. The molecule has 0 saturated heterocycles. The molecule has 0 N–H and O–H groups in total. The van der Waals surface area contributed by atoms with Gasteiger partial charge < -0.3 is 0 Å². The third-order valence-electron chi connectivity index (χ3n) is 3.81. The summed E-state index contributed by atoms with van der Waals surface area (Å²) in [5.74, 6) is -0.587. The van der Waals surface area contributed by atoms with Gasteiger partial charge in [0.1, 0.15) is 0 Å². The predicted octanol–water partition coefficient (Wildman–Crippen LogP) is 5.39. The molecule has 8 heteroatoms. The van der Waals surface area contributed by atoms with Gasteiger partial charge in [-0.2, -0.15) is 0 Å². The van der Waals surface area contributed by atoms with Crippen molar-refractivity contribution >= 4 is 58.7 Å². The van der Waals surface area contributed by atoms with Crippen molar-refractivity contribution in [3.8, 4) is 0 Å². The van der Waals surface area contributed by atoms with Crippen LogP contribution in [-0.4, -0.2) is 43.9 Å². The van der Waals surface area contributed by atoms with E-state index in [1.807, 2.05) is 24.3 Å². The first-order valence-corrected chi connectivity index (χ1v) is 16.8. The van der Waals surface area contributed by atoms with Gasteiger partial charge in [-0.3, -0.25) is 0 Å². The van der Waals surface area contributed by atoms with Gasteiger partial charge in [-0.15, -0.1) is 0 Å². The zero-order chi connectivity index (χ0) is 21.2. The fraction of sp³-hybridized carbons (Fsp3) is 0.333. The molecule has 2 aromatic rings. The van der Waals surface area contributed by atoms with Crippen molar-refractivity contribution in [2.45, 2.75) is 28.3 Å². The number of esters is 2. The summed E-state index contributed by atoms with van der Waals surface area (Å²) in [4.78, 5) is 24.8. The molecule has 3 atom stereocenters. The van der Waals surface area contributed by atoms with Gasteiger partial charge in [-0.1, -0.05) is 0 Å². The van der Waals surface area contributed by atoms with Crippen molar-refractivity contribution in [2.75, 3.05) is 12.4 Å². The summed E-state index contributed by atoms with van der Waals surface area (Å²) in [7, 11) is 1.75. The molecule has 0 aliphatic heterocycles. The van der Waals surface area contributed by atoms with Crippen LogP contribution in [0.4, 0.5) is 0 Å². The van der Waals surface area contributed by atoms with Crippen LogP contribution in [0, 0.1) is 0 Å². The van der Waals surface area contributed by atoms with Crippen LogP contribution in [0.3, 0.4) is 0 Å². The first kappa shape index (κ1) is 24.1. The van der Waals surface area contributed by atoms with Gasteiger partial charge in [0.2, 0.25) is 0 Å². The van der Waals surface area contributed by atoms with Crippen LogP contribution in [0.2, 0.25) is 11.4 Å². The van der Waals surface area contributed by atoms with Crippen LogP contribution in [0.15, 0.2) is 60.7 Å². The number of alkyl halides is 2. The second-order valence-electron chi connectivity index (χ2n) is 6.34. The average molecular weight is 517 g/mol. The van der Waals surface area contributed by atoms with Crippen LogP contribution in [-0.2, 0) is 19.1 Å². The Morgan fingerprint density at radius 1 is 0.897 bits per heavy atom. The van der Waals surface area contributed by atoms with E-state index in [0.29, 0.717) is 16.9 Å². The Bertz CT molecular complexity index is 777. The number of halogens is 2. The van der Waals surface area contributed by atoms with Gasteiger partial charge in [0, 0.05) is 0 Å². The summed E-state index contributed by atoms with van der Waals surface area (Å²) in [6, 6.07) is 18.0. The van der Waals surface area contributed by atoms with Gasteiger partial charge >= 0.3 is 190 Å². The molecule has 4 nitrogen and oxygen atoms in total. The van der Waals surface area contributed by atoms with Crippen molar-refractivity contribution in [2.24, 2.45) is 0 Å². The third kappa shape index (κ3) is 8.25. The molecule has 3 unspecified atom stereocenters. The van der Waals surface area contributed by atoms with E-state index in [1.165, 1.54) is 0 Å². The Morgan fingerprint density at radius 2 is 1.38 bits per heavy atom. The predicted molar refractivity (Wildman–Crippen MR) is 121 cm³/mol. The molecule has 2 aromatic carbocycles. The fourth-order valence-corrected chi connectivity index (χ4v) is 6.29.